The Morgan fingerprint density at radius 2 is 1.85 bits per heavy atom. The van der Waals surface area contributed by atoms with Gasteiger partial charge in [-0.2, -0.15) is 5.10 Å². The van der Waals surface area contributed by atoms with Gasteiger partial charge in [-0.3, -0.25) is 5.10 Å². The van der Waals surface area contributed by atoms with Crippen LogP contribution in [0.2, 0.25) is 0 Å². The van der Waals surface area contributed by atoms with Crippen LogP contribution < -0.4 is 10.1 Å². The number of fused-ring (bicyclic) bond motifs is 2. The molecule has 216 valence electrons. The number of aryl methyl sites for hydroxylation is 2. The second kappa shape index (κ2) is 10.8. The molecule has 1 unspecified atom stereocenters. The third-order valence-corrected chi connectivity index (χ3v) is 10.6. The lowest BCUT2D eigenvalue weighted by Gasteiger charge is -2.27. The number of methoxy groups -OCH3 is 1. The number of hydrogen-bond acceptors (Lipinski definition) is 8. The van der Waals surface area contributed by atoms with E-state index in [1.807, 2.05) is 19.1 Å². The molecule has 0 spiro atoms. The minimum atomic E-state index is -3.58. The SMILES string of the molecule is COCC1Cc2c(c(-c3nc(-c4ccccc4S(=O)(=O)C(C)C)c4c(C)[nH]nc4n3)cc(C)c2C2CCNCC2)O1. The molecule has 2 aromatic carbocycles. The molecule has 0 saturated carbocycles. The molecule has 0 amide bonds. The van der Waals surface area contributed by atoms with Crippen LogP contribution in [0.3, 0.4) is 0 Å². The second-order valence-electron chi connectivity index (χ2n) is 11.4. The molecule has 6 rings (SSSR count). The van der Waals surface area contributed by atoms with Gasteiger partial charge in [0.1, 0.15) is 11.9 Å². The second-order valence-corrected chi connectivity index (χ2v) is 13.9. The molecule has 0 radical (unpaired) electrons. The van der Waals surface area contributed by atoms with Crippen molar-refractivity contribution in [1.29, 1.82) is 0 Å². The number of nitrogens with one attached hydrogen (secondary N) is 2. The van der Waals surface area contributed by atoms with E-state index in [0.717, 1.165) is 49.4 Å². The summed E-state index contributed by atoms with van der Waals surface area (Å²) in [5.74, 6) is 1.72. The summed E-state index contributed by atoms with van der Waals surface area (Å²) in [6.45, 7) is 9.94. The van der Waals surface area contributed by atoms with Crippen molar-refractivity contribution in [2.75, 3.05) is 26.8 Å². The van der Waals surface area contributed by atoms with Crippen LogP contribution >= 0.6 is 0 Å². The first-order valence-electron chi connectivity index (χ1n) is 14.3. The smallest absolute Gasteiger partial charge is 0.185 e. The molecule has 41 heavy (non-hydrogen) atoms. The number of hydrogen-bond donors (Lipinski definition) is 2. The molecule has 4 heterocycles. The Hall–Kier alpha value is -3.34. The van der Waals surface area contributed by atoms with E-state index in [0.29, 0.717) is 40.6 Å². The minimum absolute atomic E-state index is 0.0937. The Kier molecular flexibility index (Phi) is 7.33. The summed E-state index contributed by atoms with van der Waals surface area (Å²) in [6.07, 6.45) is 2.84. The summed E-state index contributed by atoms with van der Waals surface area (Å²) in [7, 11) is -1.89. The average Bonchev–Trinajstić information content (AvgIpc) is 3.56. The van der Waals surface area contributed by atoms with Crippen LogP contribution in [0.1, 0.15) is 55.0 Å². The van der Waals surface area contributed by atoms with Gasteiger partial charge >= 0.3 is 0 Å². The van der Waals surface area contributed by atoms with Crippen molar-refractivity contribution >= 4 is 20.9 Å². The number of benzene rings is 2. The van der Waals surface area contributed by atoms with E-state index in [2.05, 4.69) is 28.5 Å². The molecule has 1 atom stereocenters. The van der Waals surface area contributed by atoms with Crippen molar-refractivity contribution in [1.82, 2.24) is 25.5 Å². The van der Waals surface area contributed by atoms with Crippen LogP contribution in [-0.2, 0) is 21.0 Å². The van der Waals surface area contributed by atoms with Crippen LogP contribution in [0.5, 0.6) is 5.75 Å². The van der Waals surface area contributed by atoms with Crippen LogP contribution in [0.15, 0.2) is 35.2 Å². The van der Waals surface area contributed by atoms with E-state index in [1.54, 1.807) is 33.1 Å². The molecule has 10 heteroatoms. The van der Waals surface area contributed by atoms with E-state index in [-0.39, 0.29) is 11.0 Å². The third-order valence-electron chi connectivity index (χ3n) is 8.35. The van der Waals surface area contributed by atoms with Gasteiger partial charge in [-0.1, -0.05) is 18.2 Å². The van der Waals surface area contributed by atoms with Crippen molar-refractivity contribution < 1.29 is 17.9 Å². The molecule has 2 aliphatic rings. The van der Waals surface area contributed by atoms with Crippen LogP contribution in [0.4, 0.5) is 0 Å². The first kappa shape index (κ1) is 27.8. The number of H-pyrrole nitrogens is 1. The van der Waals surface area contributed by atoms with E-state index in [1.165, 1.54) is 16.7 Å². The molecule has 0 aliphatic carbocycles. The Labute approximate surface area is 241 Å². The molecular formula is C31H37N5O4S. The Bertz CT molecular complexity index is 1720. The third kappa shape index (κ3) is 4.81. The van der Waals surface area contributed by atoms with E-state index < -0.39 is 15.1 Å². The lowest BCUT2D eigenvalue weighted by Crippen LogP contribution is -2.27. The van der Waals surface area contributed by atoms with Gasteiger partial charge in [0.25, 0.3) is 0 Å². The lowest BCUT2D eigenvalue weighted by molar-refractivity contribution is 0.0954. The van der Waals surface area contributed by atoms with Gasteiger partial charge < -0.3 is 14.8 Å². The summed E-state index contributed by atoms with van der Waals surface area (Å²) in [5, 5.41) is 11.1. The number of ether oxygens (including phenoxy) is 2. The van der Waals surface area contributed by atoms with Crippen molar-refractivity contribution in [2.45, 2.75) is 69.1 Å². The zero-order valence-electron chi connectivity index (χ0n) is 24.2. The average molecular weight is 576 g/mol. The molecular weight excluding hydrogens is 538 g/mol. The normalized spacial score (nSPS) is 17.8. The van der Waals surface area contributed by atoms with Gasteiger partial charge in [0.15, 0.2) is 21.3 Å². The lowest BCUT2D eigenvalue weighted by atomic mass is 9.82. The highest BCUT2D eigenvalue weighted by Crippen LogP contribution is 2.46. The molecule has 1 saturated heterocycles. The maximum Gasteiger partial charge on any atom is 0.185 e. The zero-order valence-corrected chi connectivity index (χ0v) is 25.1. The quantitative estimate of drug-likeness (QED) is 0.319. The first-order chi connectivity index (χ1) is 19.7. The molecule has 4 aromatic rings. The van der Waals surface area contributed by atoms with E-state index in [4.69, 9.17) is 19.4 Å². The molecule has 2 aromatic heterocycles. The summed E-state index contributed by atoms with van der Waals surface area (Å²) >= 11 is 0. The van der Waals surface area contributed by atoms with Crippen molar-refractivity contribution in [3.63, 3.8) is 0 Å². The first-order valence-corrected chi connectivity index (χ1v) is 15.8. The van der Waals surface area contributed by atoms with Crippen molar-refractivity contribution in [3.05, 3.63) is 52.7 Å². The van der Waals surface area contributed by atoms with Gasteiger partial charge in [0.2, 0.25) is 0 Å². The fourth-order valence-electron chi connectivity index (χ4n) is 6.33. The van der Waals surface area contributed by atoms with Gasteiger partial charge in [-0.05, 0) is 82.8 Å². The summed E-state index contributed by atoms with van der Waals surface area (Å²) in [5.41, 5.74) is 6.90. The van der Waals surface area contributed by atoms with Gasteiger partial charge in [-0.25, -0.2) is 18.4 Å². The highest BCUT2D eigenvalue weighted by Gasteiger charge is 2.34. The topological polar surface area (TPSA) is 119 Å². The molecule has 9 nitrogen and oxygen atoms in total. The maximum absolute atomic E-state index is 13.4. The Balaban J connectivity index is 1.59. The summed E-state index contributed by atoms with van der Waals surface area (Å²) < 4.78 is 38.9. The number of nitrogens with zero attached hydrogens (tertiary/aromatic N) is 3. The Morgan fingerprint density at radius 3 is 2.59 bits per heavy atom. The van der Waals surface area contributed by atoms with Gasteiger partial charge in [-0.15, -0.1) is 0 Å². The van der Waals surface area contributed by atoms with Crippen molar-refractivity contribution in [3.8, 4) is 28.4 Å². The number of sulfone groups is 1. The van der Waals surface area contributed by atoms with Crippen LogP contribution in [0, 0.1) is 13.8 Å². The maximum atomic E-state index is 13.4. The predicted molar refractivity (Wildman–Crippen MR) is 159 cm³/mol. The molecule has 0 bridgehead atoms. The summed E-state index contributed by atoms with van der Waals surface area (Å²) in [4.78, 5) is 10.2. The van der Waals surface area contributed by atoms with Crippen LogP contribution in [0.25, 0.3) is 33.7 Å². The zero-order chi connectivity index (χ0) is 28.9. The molecule has 2 aliphatic heterocycles. The number of rotatable bonds is 7. The monoisotopic (exact) mass is 575 g/mol. The fraction of sp³-hybridized carbons (Fsp3) is 0.452. The van der Waals surface area contributed by atoms with Crippen LogP contribution in [-0.4, -0.2) is 66.7 Å². The fourth-order valence-corrected chi connectivity index (χ4v) is 7.57. The number of aromatic nitrogens is 4. The van der Waals surface area contributed by atoms with E-state index in [9.17, 15) is 8.42 Å². The van der Waals surface area contributed by atoms with Gasteiger partial charge in [0.05, 0.1) is 33.4 Å². The van der Waals surface area contributed by atoms with E-state index >= 15 is 0 Å². The molecule has 2 N–H and O–H groups in total. The van der Waals surface area contributed by atoms with Gasteiger partial charge in [0, 0.05) is 30.4 Å². The predicted octanol–water partition coefficient (Wildman–Crippen LogP) is 4.90. The summed E-state index contributed by atoms with van der Waals surface area (Å²) in [6, 6.07) is 9.19. The van der Waals surface area contributed by atoms with Crippen molar-refractivity contribution in [2.24, 2.45) is 0 Å². The molecule has 1 fully saturated rings. The number of piperidine rings is 1. The highest BCUT2D eigenvalue weighted by atomic mass is 32.2. The number of aromatic amines is 1. The minimum Gasteiger partial charge on any atom is -0.487 e. The Morgan fingerprint density at radius 1 is 1.10 bits per heavy atom. The largest absolute Gasteiger partial charge is 0.487 e. The highest BCUT2D eigenvalue weighted by molar-refractivity contribution is 7.92. The standard InChI is InChI=1S/C31H37N5O4S/c1-17(2)41(37,38)25-9-7-6-8-22(25)28-27-19(4)35-36-31(27)34-30(33-28)24-14-18(3)26(20-10-12-32-13-11-20)23-15-21(16-39-5)40-29(23)24/h6-9,14,17,20-21,32H,10-13,15-16H2,1-5H3,(H,33,34,35,36).